The summed E-state index contributed by atoms with van der Waals surface area (Å²) in [6.45, 7) is 0.820. The molecule has 2 heterocycles. The molecule has 0 radical (unpaired) electrons. The molecule has 1 aromatic rings. The molecule has 0 aromatic carbocycles. The van der Waals surface area contributed by atoms with Gasteiger partial charge in [0.05, 0.1) is 0 Å². The standard InChI is InChI=1S/C11H14N2O2/c14-11(15)10-3-1-2-8-13(10)9-4-6-12-7-5-9/h4-7,10H,1-3,8H2,(H,14,15). The lowest BCUT2D eigenvalue weighted by molar-refractivity contribution is -0.139. The van der Waals surface area contributed by atoms with Gasteiger partial charge in [-0.25, -0.2) is 4.79 Å². The number of carboxylic acid groups (broad SMARTS) is 1. The molecule has 1 aromatic heterocycles. The number of aliphatic carboxylic acids is 1. The first-order valence-corrected chi connectivity index (χ1v) is 5.18. The summed E-state index contributed by atoms with van der Waals surface area (Å²) >= 11 is 0. The van der Waals surface area contributed by atoms with Crippen molar-refractivity contribution in [3.63, 3.8) is 0 Å². The van der Waals surface area contributed by atoms with Crippen LogP contribution in [0.3, 0.4) is 0 Å². The number of carboxylic acids is 1. The van der Waals surface area contributed by atoms with Gasteiger partial charge in [-0.15, -0.1) is 0 Å². The van der Waals surface area contributed by atoms with Gasteiger partial charge in [0.2, 0.25) is 0 Å². The monoisotopic (exact) mass is 206 g/mol. The predicted octanol–water partition coefficient (Wildman–Crippen LogP) is 1.53. The third kappa shape index (κ3) is 2.09. The molecule has 15 heavy (non-hydrogen) atoms. The van der Waals surface area contributed by atoms with Crippen LogP contribution in [-0.2, 0) is 4.79 Å². The maximum absolute atomic E-state index is 11.1. The highest BCUT2D eigenvalue weighted by Crippen LogP contribution is 2.23. The molecule has 1 atom stereocenters. The number of nitrogens with zero attached hydrogens (tertiary/aromatic N) is 2. The van der Waals surface area contributed by atoms with Gasteiger partial charge in [-0.05, 0) is 31.4 Å². The van der Waals surface area contributed by atoms with Gasteiger partial charge >= 0.3 is 5.97 Å². The van der Waals surface area contributed by atoms with E-state index in [1.165, 1.54) is 0 Å². The van der Waals surface area contributed by atoms with E-state index in [0.29, 0.717) is 0 Å². The quantitative estimate of drug-likeness (QED) is 0.797. The lowest BCUT2D eigenvalue weighted by Crippen LogP contribution is -2.44. The Hall–Kier alpha value is -1.58. The van der Waals surface area contributed by atoms with Gasteiger partial charge in [-0.1, -0.05) is 0 Å². The van der Waals surface area contributed by atoms with E-state index >= 15 is 0 Å². The second-order valence-electron chi connectivity index (χ2n) is 3.75. The van der Waals surface area contributed by atoms with Crippen molar-refractivity contribution >= 4 is 11.7 Å². The zero-order chi connectivity index (χ0) is 10.7. The Kier molecular flexibility index (Phi) is 2.85. The van der Waals surface area contributed by atoms with Crippen molar-refractivity contribution < 1.29 is 9.90 Å². The molecule has 1 aliphatic rings. The van der Waals surface area contributed by atoms with E-state index in [0.717, 1.165) is 31.5 Å². The first-order valence-electron chi connectivity index (χ1n) is 5.18. The molecule has 1 N–H and O–H groups in total. The Balaban J connectivity index is 2.22. The number of hydrogen-bond donors (Lipinski definition) is 1. The highest BCUT2D eigenvalue weighted by molar-refractivity contribution is 5.78. The molecule has 2 rings (SSSR count). The topological polar surface area (TPSA) is 53.4 Å². The number of hydrogen-bond acceptors (Lipinski definition) is 3. The molecule has 0 aliphatic carbocycles. The first kappa shape index (κ1) is 9.96. The van der Waals surface area contributed by atoms with E-state index in [4.69, 9.17) is 5.11 Å². The summed E-state index contributed by atoms with van der Waals surface area (Å²) in [6.07, 6.45) is 6.19. The minimum atomic E-state index is -0.730. The predicted molar refractivity (Wildman–Crippen MR) is 56.9 cm³/mol. The second kappa shape index (κ2) is 4.29. The van der Waals surface area contributed by atoms with Crippen molar-refractivity contribution in [1.82, 2.24) is 4.98 Å². The van der Waals surface area contributed by atoms with E-state index in [1.54, 1.807) is 12.4 Å². The van der Waals surface area contributed by atoms with Crippen molar-refractivity contribution in [1.29, 1.82) is 0 Å². The van der Waals surface area contributed by atoms with Gasteiger partial charge in [-0.2, -0.15) is 0 Å². The molecule has 1 fully saturated rings. The van der Waals surface area contributed by atoms with E-state index in [9.17, 15) is 4.79 Å². The molecule has 4 heteroatoms. The highest BCUT2D eigenvalue weighted by atomic mass is 16.4. The third-order valence-electron chi connectivity index (χ3n) is 2.78. The van der Waals surface area contributed by atoms with E-state index in [-0.39, 0.29) is 6.04 Å². The summed E-state index contributed by atoms with van der Waals surface area (Å²) in [5, 5.41) is 9.11. The van der Waals surface area contributed by atoms with Crippen molar-refractivity contribution in [2.24, 2.45) is 0 Å². The molecular formula is C11H14N2O2. The Morgan fingerprint density at radius 3 is 2.80 bits per heavy atom. The molecule has 4 nitrogen and oxygen atoms in total. The van der Waals surface area contributed by atoms with Gasteiger partial charge in [0, 0.05) is 24.6 Å². The van der Waals surface area contributed by atoms with Crippen LogP contribution in [-0.4, -0.2) is 28.6 Å². The van der Waals surface area contributed by atoms with Crippen LogP contribution in [0.5, 0.6) is 0 Å². The smallest absolute Gasteiger partial charge is 0.326 e. The summed E-state index contributed by atoms with van der Waals surface area (Å²) in [7, 11) is 0. The van der Waals surface area contributed by atoms with Crippen molar-refractivity contribution in [3.8, 4) is 0 Å². The summed E-state index contributed by atoms with van der Waals surface area (Å²) in [4.78, 5) is 17.0. The van der Waals surface area contributed by atoms with Crippen molar-refractivity contribution in [2.75, 3.05) is 11.4 Å². The number of rotatable bonds is 2. The molecule has 1 aliphatic heterocycles. The Bertz CT molecular complexity index is 340. The Morgan fingerprint density at radius 1 is 1.40 bits per heavy atom. The lowest BCUT2D eigenvalue weighted by Gasteiger charge is -2.34. The summed E-state index contributed by atoms with van der Waals surface area (Å²) in [5.74, 6) is -0.730. The van der Waals surface area contributed by atoms with E-state index in [1.807, 2.05) is 17.0 Å². The molecule has 80 valence electrons. The molecular weight excluding hydrogens is 192 g/mol. The van der Waals surface area contributed by atoms with Crippen molar-refractivity contribution in [3.05, 3.63) is 24.5 Å². The number of aromatic nitrogens is 1. The number of carbonyl (C=O) groups is 1. The van der Waals surface area contributed by atoms with Crippen LogP contribution < -0.4 is 4.90 Å². The van der Waals surface area contributed by atoms with Gasteiger partial charge in [0.1, 0.15) is 6.04 Å². The normalized spacial score (nSPS) is 21.3. The largest absolute Gasteiger partial charge is 0.480 e. The average molecular weight is 206 g/mol. The van der Waals surface area contributed by atoms with Gasteiger partial charge in [-0.3, -0.25) is 4.98 Å². The number of piperidine rings is 1. The Morgan fingerprint density at radius 2 is 2.13 bits per heavy atom. The van der Waals surface area contributed by atoms with Gasteiger partial charge in [0.25, 0.3) is 0 Å². The van der Waals surface area contributed by atoms with Crippen LogP contribution in [0.4, 0.5) is 5.69 Å². The molecule has 0 bridgehead atoms. The van der Waals surface area contributed by atoms with E-state index < -0.39 is 5.97 Å². The van der Waals surface area contributed by atoms with Crippen LogP contribution in [0.25, 0.3) is 0 Å². The minimum Gasteiger partial charge on any atom is -0.480 e. The Labute approximate surface area is 88.6 Å². The fourth-order valence-corrected chi connectivity index (χ4v) is 2.03. The molecule has 0 spiro atoms. The molecule has 1 unspecified atom stereocenters. The van der Waals surface area contributed by atoms with E-state index in [2.05, 4.69) is 4.98 Å². The summed E-state index contributed by atoms with van der Waals surface area (Å²) in [5.41, 5.74) is 0.956. The third-order valence-corrected chi connectivity index (χ3v) is 2.78. The summed E-state index contributed by atoms with van der Waals surface area (Å²) in [6, 6.07) is 3.35. The van der Waals surface area contributed by atoms with Gasteiger partial charge in [0.15, 0.2) is 0 Å². The molecule has 1 saturated heterocycles. The van der Waals surface area contributed by atoms with Crippen LogP contribution in [0, 0.1) is 0 Å². The lowest BCUT2D eigenvalue weighted by atomic mass is 10.0. The fourth-order valence-electron chi connectivity index (χ4n) is 2.03. The number of anilines is 1. The molecule has 0 amide bonds. The number of pyridine rings is 1. The van der Waals surface area contributed by atoms with Gasteiger partial charge < -0.3 is 10.0 Å². The summed E-state index contributed by atoms with van der Waals surface area (Å²) < 4.78 is 0. The van der Waals surface area contributed by atoms with Crippen LogP contribution in [0.1, 0.15) is 19.3 Å². The zero-order valence-corrected chi connectivity index (χ0v) is 8.47. The maximum atomic E-state index is 11.1. The van der Waals surface area contributed by atoms with Crippen LogP contribution in [0.2, 0.25) is 0 Å². The molecule has 0 saturated carbocycles. The highest BCUT2D eigenvalue weighted by Gasteiger charge is 2.28. The zero-order valence-electron chi connectivity index (χ0n) is 8.47. The SMILES string of the molecule is O=C(O)C1CCCCN1c1ccncc1. The van der Waals surface area contributed by atoms with Crippen LogP contribution in [0.15, 0.2) is 24.5 Å². The maximum Gasteiger partial charge on any atom is 0.326 e. The fraction of sp³-hybridized carbons (Fsp3) is 0.455. The minimum absolute atomic E-state index is 0.374. The second-order valence-corrected chi connectivity index (χ2v) is 3.75. The van der Waals surface area contributed by atoms with Crippen LogP contribution >= 0.6 is 0 Å². The van der Waals surface area contributed by atoms with Crippen molar-refractivity contribution in [2.45, 2.75) is 25.3 Å². The average Bonchev–Trinajstić information content (AvgIpc) is 2.30. The first-order chi connectivity index (χ1) is 7.29.